The van der Waals surface area contributed by atoms with Crippen LogP contribution in [0.15, 0.2) is 65.2 Å². The first-order valence-corrected chi connectivity index (χ1v) is 9.54. The smallest absolute Gasteiger partial charge is 0.225 e. The number of ether oxygens (including phenoxy) is 1. The van der Waals surface area contributed by atoms with E-state index in [1.807, 2.05) is 42.5 Å². The highest BCUT2D eigenvalue weighted by molar-refractivity contribution is 8.03. The molecule has 0 radical (unpaired) electrons. The predicted molar refractivity (Wildman–Crippen MR) is 104 cm³/mol. The lowest BCUT2D eigenvalue weighted by Gasteiger charge is -2.25. The number of nitrogens with zero attached hydrogens (tertiary/aromatic N) is 1. The summed E-state index contributed by atoms with van der Waals surface area (Å²) in [5, 5.41) is 13.7. The van der Waals surface area contributed by atoms with Gasteiger partial charge < -0.3 is 10.1 Å². The van der Waals surface area contributed by atoms with Crippen molar-refractivity contribution in [1.29, 1.82) is 5.26 Å². The van der Waals surface area contributed by atoms with E-state index < -0.39 is 0 Å². The van der Waals surface area contributed by atoms with Crippen LogP contribution in [0, 0.1) is 11.3 Å². The summed E-state index contributed by atoms with van der Waals surface area (Å²) in [5.41, 5.74) is 1.50. The van der Waals surface area contributed by atoms with Gasteiger partial charge >= 0.3 is 0 Å². The van der Waals surface area contributed by atoms with Gasteiger partial charge in [0.2, 0.25) is 5.91 Å². The van der Waals surface area contributed by atoms with Gasteiger partial charge in [-0.3, -0.25) is 4.79 Å². The van der Waals surface area contributed by atoms with Crippen LogP contribution in [0.5, 0.6) is 5.75 Å². The second kappa shape index (κ2) is 8.79. The van der Waals surface area contributed by atoms with Gasteiger partial charge in [0, 0.05) is 23.1 Å². The van der Waals surface area contributed by atoms with Gasteiger partial charge in [0.15, 0.2) is 0 Å². The van der Waals surface area contributed by atoms with Crippen LogP contribution in [-0.4, -0.2) is 18.3 Å². The van der Waals surface area contributed by atoms with Crippen molar-refractivity contribution >= 4 is 29.3 Å². The third kappa shape index (κ3) is 4.60. The molecule has 6 heteroatoms. The zero-order valence-electron chi connectivity index (χ0n) is 13.9. The number of benzene rings is 2. The first-order chi connectivity index (χ1) is 12.7. The molecule has 0 spiro atoms. The van der Waals surface area contributed by atoms with Gasteiger partial charge in [-0.25, -0.2) is 0 Å². The third-order valence-electron chi connectivity index (χ3n) is 3.97. The summed E-state index contributed by atoms with van der Waals surface area (Å²) in [6.45, 7) is 0.484. The zero-order chi connectivity index (χ0) is 18.4. The Balaban J connectivity index is 1.69. The van der Waals surface area contributed by atoms with E-state index in [9.17, 15) is 10.1 Å². The van der Waals surface area contributed by atoms with Crippen LogP contribution in [0.25, 0.3) is 0 Å². The summed E-state index contributed by atoms with van der Waals surface area (Å²) in [6, 6.07) is 19.1. The number of hydrogen-bond donors (Lipinski definition) is 1. The fourth-order valence-electron chi connectivity index (χ4n) is 2.73. The van der Waals surface area contributed by atoms with E-state index in [0.717, 1.165) is 11.3 Å². The van der Waals surface area contributed by atoms with Crippen LogP contribution in [0.2, 0.25) is 5.02 Å². The molecule has 1 amide bonds. The van der Waals surface area contributed by atoms with Gasteiger partial charge in [-0.05, 0) is 29.8 Å². The fourth-order valence-corrected chi connectivity index (χ4v) is 3.76. The van der Waals surface area contributed by atoms with Crippen LogP contribution < -0.4 is 10.1 Å². The predicted octanol–water partition coefficient (Wildman–Crippen LogP) is 4.49. The molecule has 26 heavy (non-hydrogen) atoms. The molecule has 0 saturated carbocycles. The van der Waals surface area contributed by atoms with Crippen molar-refractivity contribution in [3.05, 3.63) is 75.8 Å². The number of rotatable bonds is 6. The van der Waals surface area contributed by atoms with Crippen LogP contribution in [0.1, 0.15) is 17.9 Å². The summed E-state index contributed by atoms with van der Waals surface area (Å²) < 4.78 is 5.66. The lowest BCUT2D eigenvalue weighted by Crippen LogP contribution is -2.31. The summed E-state index contributed by atoms with van der Waals surface area (Å²) in [7, 11) is 0. The lowest BCUT2D eigenvalue weighted by molar-refractivity contribution is -0.120. The minimum Gasteiger partial charge on any atom is -0.493 e. The van der Waals surface area contributed by atoms with Gasteiger partial charge in [-0.2, -0.15) is 5.26 Å². The molecule has 3 rings (SSSR count). The fraction of sp³-hybridized carbons (Fsp3) is 0.200. The number of carbonyl (C=O) groups is 1. The molecule has 1 heterocycles. The van der Waals surface area contributed by atoms with E-state index in [1.165, 1.54) is 11.8 Å². The maximum atomic E-state index is 12.1. The first-order valence-electron chi connectivity index (χ1n) is 8.17. The summed E-state index contributed by atoms with van der Waals surface area (Å²) in [5.74, 6) is 1.09. The van der Waals surface area contributed by atoms with Gasteiger partial charge in [-0.1, -0.05) is 41.9 Å². The van der Waals surface area contributed by atoms with Crippen LogP contribution in [0.4, 0.5) is 0 Å². The molecule has 1 atom stereocenters. The Morgan fingerprint density at radius 3 is 2.62 bits per heavy atom. The number of para-hydroxylation sites is 1. The average molecular weight is 385 g/mol. The van der Waals surface area contributed by atoms with Crippen molar-refractivity contribution in [2.24, 2.45) is 0 Å². The minimum atomic E-state index is -0.247. The second-order valence-corrected chi connectivity index (χ2v) is 7.26. The van der Waals surface area contributed by atoms with Gasteiger partial charge in [0.25, 0.3) is 0 Å². The molecule has 0 aromatic heterocycles. The standard InChI is InChI=1S/C20H17ClN2O2S/c21-15-8-6-14(7-9-15)17-12-19(24)23-20(18(17)13-22)26-11-10-25-16-4-2-1-3-5-16/h1-9,17H,10-12H2,(H,23,24)/t17-/m1/s1. The number of halogens is 1. The van der Waals surface area contributed by atoms with Gasteiger partial charge in [0.1, 0.15) is 5.75 Å². The van der Waals surface area contributed by atoms with Crippen molar-refractivity contribution < 1.29 is 9.53 Å². The molecule has 0 aliphatic carbocycles. The normalized spacial score (nSPS) is 16.8. The highest BCUT2D eigenvalue weighted by atomic mass is 35.5. The lowest BCUT2D eigenvalue weighted by atomic mass is 9.87. The molecule has 0 unspecified atom stereocenters. The van der Waals surface area contributed by atoms with E-state index >= 15 is 0 Å². The average Bonchev–Trinajstić information content (AvgIpc) is 2.66. The Morgan fingerprint density at radius 2 is 1.92 bits per heavy atom. The van der Waals surface area contributed by atoms with E-state index in [4.69, 9.17) is 16.3 Å². The Bertz CT molecular complexity index is 844. The van der Waals surface area contributed by atoms with E-state index in [0.29, 0.717) is 28.0 Å². The van der Waals surface area contributed by atoms with Crippen LogP contribution in [-0.2, 0) is 4.79 Å². The van der Waals surface area contributed by atoms with E-state index in [-0.39, 0.29) is 18.2 Å². The maximum Gasteiger partial charge on any atom is 0.225 e. The largest absolute Gasteiger partial charge is 0.493 e. The number of allylic oxidation sites excluding steroid dienone is 1. The minimum absolute atomic E-state index is 0.0876. The molecule has 1 aliphatic rings. The Labute approximate surface area is 161 Å². The first kappa shape index (κ1) is 18.4. The number of nitriles is 1. The molecule has 0 fully saturated rings. The highest BCUT2D eigenvalue weighted by Gasteiger charge is 2.29. The quantitative estimate of drug-likeness (QED) is 0.745. The number of amides is 1. The highest BCUT2D eigenvalue weighted by Crippen LogP contribution is 2.36. The molecule has 2 aromatic carbocycles. The second-order valence-electron chi connectivity index (χ2n) is 5.72. The summed E-state index contributed by atoms with van der Waals surface area (Å²) in [4.78, 5) is 12.1. The molecular weight excluding hydrogens is 368 g/mol. The number of hydrogen-bond acceptors (Lipinski definition) is 4. The molecule has 1 N–H and O–H groups in total. The third-order valence-corrected chi connectivity index (χ3v) is 5.20. The number of nitrogens with one attached hydrogen (secondary N) is 1. The molecule has 2 aromatic rings. The molecule has 132 valence electrons. The Kier molecular flexibility index (Phi) is 6.21. The topological polar surface area (TPSA) is 62.1 Å². The summed E-state index contributed by atoms with van der Waals surface area (Å²) >= 11 is 7.37. The van der Waals surface area contributed by atoms with Crippen LogP contribution >= 0.6 is 23.4 Å². The monoisotopic (exact) mass is 384 g/mol. The Hall–Kier alpha value is -2.42. The molecule has 4 nitrogen and oxygen atoms in total. The van der Waals surface area contributed by atoms with Crippen molar-refractivity contribution in [3.63, 3.8) is 0 Å². The number of thioether (sulfide) groups is 1. The molecule has 1 aliphatic heterocycles. The van der Waals surface area contributed by atoms with Crippen molar-refractivity contribution in [2.75, 3.05) is 12.4 Å². The van der Waals surface area contributed by atoms with Crippen LogP contribution in [0.3, 0.4) is 0 Å². The van der Waals surface area contributed by atoms with Crippen molar-refractivity contribution in [3.8, 4) is 11.8 Å². The van der Waals surface area contributed by atoms with E-state index in [2.05, 4.69) is 11.4 Å². The van der Waals surface area contributed by atoms with E-state index in [1.54, 1.807) is 12.1 Å². The SMILES string of the molecule is N#CC1=C(SCCOc2ccccc2)NC(=O)C[C@@H]1c1ccc(Cl)cc1. The van der Waals surface area contributed by atoms with Crippen molar-refractivity contribution in [2.45, 2.75) is 12.3 Å². The maximum absolute atomic E-state index is 12.1. The molecule has 0 saturated heterocycles. The zero-order valence-corrected chi connectivity index (χ0v) is 15.5. The van der Waals surface area contributed by atoms with Gasteiger partial charge in [0.05, 0.1) is 23.3 Å². The van der Waals surface area contributed by atoms with Gasteiger partial charge in [-0.15, -0.1) is 11.8 Å². The van der Waals surface area contributed by atoms with Crippen molar-refractivity contribution in [1.82, 2.24) is 5.32 Å². The number of carbonyl (C=O) groups excluding carboxylic acids is 1. The molecule has 0 bridgehead atoms. The summed E-state index contributed by atoms with van der Waals surface area (Å²) in [6.07, 6.45) is 0.259. The molecular formula is C20H17ClN2O2S. The Morgan fingerprint density at radius 1 is 1.19 bits per heavy atom.